The molecule has 0 saturated carbocycles. The van der Waals surface area contributed by atoms with Crippen LogP contribution in [-0.2, 0) is 29.0 Å². The lowest BCUT2D eigenvalue weighted by Crippen LogP contribution is -2.31. The van der Waals surface area contributed by atoms with Crippen LogP contribution >= 0.6 is 0 Å². The Balaban J connectivity index is 2.12. The molecule has 0 aliphatic carbocycles. The second-order valence-corrected chi connectivity index (χ2v) is 9.78. The van der Waals surface area contributed by atoms with E-state index in [9.17, 15) is 9.59 Å². The van der Waals surface area contributed by atoms with Crippen molar-refractivity contribution in [1.82, 2.24) is 20.2 Å². The minimum atomic E-state index is -0.650. The van der Waals surface area contributed by atoms with Crippen molar-refractivity contribution in [3.8, 4) is 11.1 Å². The topological polar surface area (TPSA) is 94.5 Å². The molecule has 2 N–H and O–H groups in total. The van der Waals surface area contributed by atoms with Gasteiger partial charge < -0.3 is 14.8 Å². The summed E-state index contributed by atoms with van der Waals surface area (Å²) in [5.41, 5.74) is 3.84. The molecule has 2 aromatic carbocycles. The summed E-state index contributed by atoms with van der Waals surface area (Å²) >= 11 is 0. The Morgan fingerprint density at radius 3 is 2.51 bits per heavy atom. The summed E-state index contributed by atoms with van der Waals surface area (Å²) in [5.74, 6) is 0.763. The summed E-state index contributed by atoms with van der Waals surface area (Å²) in [4.78, 5) is 30.7. The molecule has 43 heavy (non-hydrogen) atoms. The van der Waals surface area contributed by atoms with Crippen molar-refractivity contribution in [2.45, 2.75) is 39.8 Å². The van der Waals surface area contributed by atoms with Crippen LogP contribution in [0.4, 0.5) is 9.18 Å². The fourth-order valence-electron chi connectivity index (χ4n) is 4.59. The zero-order chi connectivity index (χ0) is 31.5. The molecule has 1 amide bonds. The number of carbonyl (C=O) groups is 1. The maximum Gasteiger partial charge on any atom is 0.411 e. The summed E-state index contributed by atoms with van der Waals surface area (Å²) < 4.78 is 27.2. The van der Waals surface area contributed by atoms with Crippen LogP contribution in [0.1, 0.15) is 48.5 Å². The van der Waals surface area contributed by atoms with Gasteiger partial charge in [0.1, 0.15) is 11.6 Å². The number of carbonyl (C=O) groups excluding carboxylic acids is 1. The third-order valence-corrected chi connectivity index (χ3v) is 6.85. The van der Waals surface area contributed by atoms with Gasteiger partial charge in [0, 0.05) is 29.8 Å². The van der Waals surface area contributed by atoms with Gasteiger partial charge in [-0.1, -0.05) is 68.6 Å². The Bertz CT molecular complexity index is 1620. The Morgan fingerprint density at radius 1 is 1.14 bits per heavy atom. The third-order valence-electron chi connectivity index (χ3n) is 6.85. The maximum atomic E-state index is 15.7. The first-order valence-electron chi connectivity index (χ1n) is 13.9. The first kappa shape index (κ1) is 32.8. The van der Waals surface area contributed by atoms with Gasteiger partial charge >= 0.3 is 6.09 Å². The van der Waals surface area contributed by atoms with Crippen LogP contribution in [-0.4, -0.2) is 36.9 Å². The van der Waals surface area contributed by atoms with Gasteiger partial charge in [0.05, 0.1) is 37.8 Å². The fraction of sp³-hybridized carbons (Fsp3) is 0.265. The Labute approximate surface area is 252 Å². The number of aromatic nitrogens is 2. The van der Waals surface area contributed by atoms with Crippen molar-refractivity contribution >= 4 is 17.4 Å². The predicted molar refractivity (Wildman–Crippen MR) is 170 cm³/mol. The van der Waals surface area contributed by atoms with Gasteiger partial charge in [-0.25, -0.2) is 14.2 Å². The molecule has 0 bridgehead atoms. The van der Waals surface area contributed by atoms with E-state index in [0.29, 0.717) is 69.3 Å². The number of aryl methyl sites for hydroxylation is 1. The zero-order valence-electron chi connectivity index (χ0n) is 25.4. The van der Waals surface area contributed by atoms with Gasteiger partial charge in [-0.05, 0) is 49.2 Å². The van der Waals surface area contributed by atoms with Crippen molar-refractivity contribution in [2.24, 2.45) is 0 Å². The highest BCUT2D eigenvalue weighted by atomic mass is 19.1. The predicted octanol–water partition coefficient (Wildman–Crippen LogP) is 6.22. The average molecular weight is 587 g/mol. The van der Waals surface area contributed by atoms with E-state index in [-0.39, 0.29) is 12.1 Å². The summed E-state index contributed by atoms with van der Waals surface area (Å²) in [6, 6.07) is 12.1. The standard InChI is InChI=1S/C34H39FN4O4/c1-8-12-31-38-30(20-36-5)32(24(9-2)16-15-22(3)42-6)33(40)39(31)21-26-18-17-25(19-29(26)35)28-14-11-10-13-27(28)23(4)37-34(41)43-7/h9-11,13-19,36H,2,4,8,12,20-21H2,1,3,5-7H3,(H,37,41)/b22-15+,24-16+. The van der Waals surface area contributed by atoms with Crippen LogP contribution in [0.2, 0.25) is 0 Å². The number of hydrogen-bond acceptors (Lipinski definition) is 6. The van der Waals surface area contributed by atoms with Crippen LogP contribution in [0.3, 0.4) is 0 Å². The van der Waals surface area contributed by atoms with Crippen LogP contribution in [0, 0.1) is 5.82 Å². The van der Waals surface area contributed by atoms with E-state index in [0.717, 1.165) is 6.42 Å². The number of nitrogens with one attached hydrogen (secondary N) is 2. The molecule has 1 heterocycles. The van der Waals surface area contributed by atoms with Crippen molar-refractivity contribution in [2.75, 3.05) is 21.3 Å². The number of amides is 1. The number of benzene rings is 2. The molecule has 8 nitrogen and oxygen atoms in total. The number of rotatable bonds is 13. The normalized spacial score (nSPS) is 11.7. The summed E-state index contributed by atoms with van der Waals surface area (Å²) in [7, 11) is 4.63. The van der Waals surface area contributed by atoms with E-state index >= 15 is 4.39 Å². The van der Waals surface area contributed by atoms with Gasteiger partial charge in [0.25, 0.3) is 5.56 Å². The fourth-order valence-corrected chi connectivity index (χ4v) is 4.59. The average Bonchev–Trinajstić information content (AvgIpc) is 3.01. The summed E-state index contributed by atoms with van der Waals surface area (Å²) in [6.07, 6.45) is 5.79. The second-order valence-electron chi connectivity index (χ2n) is 9.78. The molecule has 0 aliphatic heterocycles. The van der Waals surface area contributed by atoms with Crippen LogP contribution in [0.5, 0.6) is 0 Å². The van der Waals surface area contributed by atoms with E-state index < -0.39 is 11.9 Å². The number of ether oxygens (including phenoxy) is 2. The van der Waals surface area contributed by atoms with E-state index in [2.05, 4.69) is 28.5 Å². The number of allylic oxidation sites excluding steroid dienone is 5. The third kappa shape index (κ3) is 7.96. The van der Waals surface area contributed by atoms with Gasteiger partial charge in [0.15, 0.2) is 0 Å². The SMILES string of the molecule is C=C/C(=C\C=C(/C)OC)c1c(CNC)nc(CCC)n(Cc2ccc(-c3ccccc3C(=C)NC(=O)OC)cc2F)c1=O. The lowest BCUT2D eigenvalue weighted by atomic mass is 9.96. The molecular weight excluding hydrogens is 547 g/mol. The quantitative estimate of drug-likeness (QED) is 0.183. The highest BCUT2D eigenvalue weighted by molar-refractivity contribution is 5.87. The maximum absolute atomic E-state index is 15.7. The van der Waals surface area contributed by atoms with E-state index in [1.165, 1.54) is 17.7 Å². The van der Waals surface area contributed by atoms with E-state index in [1.807, 2.05) is 26.0 Å². The lowest BCUT2D eigenvalue weighted by molar-refractivity contribution is 0.176. The smallest absolute Gasteiger partial charge is 0.411 e. The molecule has 3 rings (SSSR count). The van der Waals surface area contributed by atoms with Crippen LogP contribution in [0.15, 0.2) is 84.4 Å². The minimum Gasteiger partial charge on any atom is -0.501 e. The molecule has 0 radical (unpaired) electrons. The number of hydrogen-bond donors (Lipinski definition) is 2. The number of halogens is 1. The highest BCUT2D eigenvalue weighted by Gasteiger charge is 2.20. The van der Waals surface area contributed by atoms with Gasteiger partial charge in [0.2, 0.25) is 0 Å². The first-order valence-corrected chi connectivity index (χ1v) is 13.9. The lowest BCUT2D eigenvalue weighted by Gasteiger charge is -2.18. The van der Waals surface area contributed by atoms with Gasteiger partial charge in [-0.2, -0.15) is 0 Å². The molecule has 0 fully saturated rings. The molecule has 1 aromatic heterocycles. The molecule has 9 heteroatoms. The molecule has 226 valence electrons. The molecule has 0 aliphatic rings. The van der Waals surface area contributed by atoms with Crippen molar-refractivity contribution < 1.29 is 18.7 Å². The summed E-state index contributed by atoms with van der Waals surface area (Å²) in [5, 5.41) is 5.66. The Hall–Kier alpha value is -4.76. The zero-order valence-corrected chi connectivity index (χ0v) is 25.4. The highest BCUT2D eigenvalue weighted by Crippen LogP contribution is 2.29. The van der Waals surface area contributed by atoms with E-state index in [1.54, 1.807) is 56.7 Å². The van der Waals surface area contributed by atoms with Crippen LogP contribution in [0.25, 0.3) is 22.4 Å². The van der Waals surface area contributed by atoms with Gasteiger partial charge in [-0.15, -0.1) is 0 Å². The molecule has 0 spiro atoms. The van der Waals surface area contributed by atoms with Crippen LogP contribution < -0.4 is 16.2 Å². The molecular formula is C34H39FN4O4. The largest absolute Gasteiger partial charge is 0.501 e. The summed E-state index contributed by atoms with van der Waals surface area (Å²) in [6.45, 7) is 12.0. The van der Waals surface area contributed by atoms with E-state index in [4.69, 9.17) is 9.72 Å². The Morgan fingerprint density at radius 2 is 1.88 bits per heavy atom. The molecule has 3 aromatic rings. The monoisotopic (exact) mass is 586 g/mol. The molecule has 0 unspecified atom stereocenters. The second kappa shape index (κ2) is 15.5. The molecule has 0 saturated heterocycles. The minimum absolute atomic E-state index is 0.00424. The van der Waals surface area contributed by atoms with Crippen molar-refractivity contribution in [3.05, 3.63) is 124 Å². The number of nitrogens with zero attached hydrogens (tertiary/aromatic N) is 2. The first-order chi connectivity index (χ1) is 20.7. The number of methoxy groups -OCH3 is 2. The van der Waals surface area contributed by atoms with Gasteiger partial charge in [-0.3, -0.25) is 14.7 Å². The van der Waals surface area contributed by atoms with Crippen molar-refractivity contribution in [1.29, 1.82) is 0 Å². The Kier molecular flexibility index (Phi) is 11.8. The number of alkyl carbamates (subject to hydrolysis) is 1. The van der Waals surface area contributed by atoms with Crippen molar-refractivity contribution in [3.63, 3.8) is 0 Å². The molecule has 0 atom stereocenters.